The molecule has 0 atom stereocenters. The van der Waals surface area contributed by atoms with Gasteiger partial charge in [-0.15, -0.1) is 0 Å². The molecule has 0 nitrogen and oxygen atoms in total. The molecule has 0 aliphatic carbocycles. The average Bonchev–Trinajstić information content (AvgIpc) is 1.36. The Hall–Kier alpha value is -0.475. The van der Waals surface area contributed by atoms with Gasteiger partial charge < -0.3 is 0 Å². The minimum absolute atomic E-state index is 0. The molecule has 0 fully saturated rings. The van der Waals surface area contributed by atoms with E-state index in [0.29, 0.717) is 0 Å². The molecule has 0 aromatic rings. The summed E-state index contributed by atoms with van der Waals surface area (Å²) in [6, 6.07) is 0. The van der Waals surface area contributed by atoms with Crippen LogP contribution in [0.4, 0.5) is 17.6 Å². The van der Waals surface area contributed by atoms with E-state index in [1.165, 1.54) is 0 Å². The molecule has 0 aliphatic heterocycles. The lowest BCUT2D eigenvalue weighted by Gasteiger charge is -1.69. The van der Waals surface area contributed by atoms with Crippen LogP contribution in [0, 0.1) is 0 Å². The van der Waals surface area contributed by atoms with E-state index in [2.05, 4.69) is 0 Å². The SMILES string of the molecule is FC(F)=C(F)F.[B]. The van der Waals surface area contributed by atoms with Crippen molar-refractivity contribution in [1.29, 1.82) is 0 Å². The molecule has 0 aromatic heterocycles. The minimum atomic E-state index is -2.91. The standard InChI is InChI=1S/C2F4.B/c3-1(4)2(5)6;. The highest BCUT2D eigenvalue weighted by Crippen LogP contribution is 2.08. The summed E-state index contributed by atoms with van der Waals surface area (Å²) in [5.74, 6) is 0. The summed E-state index contributed by atoms with van der Waals surface area (Å²) in [7, 11) is 0. The molecule has 0 aromatic carbocycles. The Morgan fingerprint density at radius 1 is 0.714 bits per heavy atom. The summed E-state index contributed by atoms with van der Waals surface area (Å²) in [5.41, 5.74) is 0. The molecular formula is C2BF4. The zero-order valence-corrected chi connectivity index (χ0v) is 3.09. The van der Waals surface area contributed by atoms with Crippen molar-refractivity contribution in [3.8, 4) is 0 Å². The second kappa shape index (κ2) is 3.71. The van der Waals surface area contributed by atoms with E-state index in [1.807, 2.05) is 0 Å². The average molecular weight is 111 g/mol. The molecule has 3 radical (unpaired) electrons. The monoisotopic (exact) mass is 111 g/mol. The van der Waals surface area contributed by atoms with Gasteiger partial charge in [-0.2, -0.15) is 17.6 Å². The third kappa shape index (κ3) is 5.52. The van der Waals surface area contributed by atoms with E-state index < -0.39 is 12.2 Å². The van der Waals surface area contributed by atoms with E-state index in [1.54, 1.807) is 0 Å². The second-order valence-electron chi connectivity index (χ2n) is 0.521. The summed E-state index contributed by atoms with van der Waals surface area (Å²) in [6.45, 7) is 0. The first kappa shape index (κ1) is 9.73. The van der Waals surface area contributed by atoms with Crippen LogP contribution in [0.1, 0.15) is 0 Å². The van der Waals surface area contributed by atoms with Crippen molar-refractivity contribution in [3.05, 3.63) is 12.2 Å². The molecule has 7 heavy (non-hydrogen) atoms. The topological polar surface area (TPSA) is 0 Å². The van der Waals surface area contributed by atoms with Gasteiger partial charge in [-0.25, -0.2) is 0 Å². The minimum Gasteiger partial charge on any atom is -0.167 e. The fraction of sp³-hybridized carbons (Fsp3) is 0. The van der Waals surface area contributed by atoms with Gasteiger partial charge in [0, 0.05) is 8.41 Å². The fourth-order valence-electron chi connectivity index (χ4n) is 0. The molecule has 5 heteroatoms. The molecule has 0 unspecified atom stereocenters. The summed E-state index contributed by atoms with van der Waals surface area (Å²) in [6.07, 6.45) is -5.81. The Labute approximate surface area is 39.4 Å². The maximum atomic E-state index is 10.3. The fourth-order valence-corrected chi connectivity index (χ4v) is 0. The molecule has 0 N–H and O–H groups in total. The smallest absolute Gasteiger partial charge is 0.167 e. The van der Waals surface area contributed by atoms with E-state index in [0.717, 1.165) is 0 Å². The first-order chi connectivity index (χ1) is 2.64. The van der Waals surface area contributed by atoms with E-state index in [4.69, 9.17) is 0 Å². The molecule has 0 spiro atoms. The largest absolute Gasteiger partial charge is 0.334 e. The maximum Gasteiger partial charge on any atom is 0.334 e. The Kier molecular flexibility index (Phi) is 5.15. The third-order valence-electron chi connectivity index (χ3n) is 0.143. The summed E-state index contributed by atoms with van der Waals surface area (Å²) in [5, 5.41) is 0. The van der Waals surface area contributed by atoms with E-state index in [-0.39, 0.29) is 8.41 Å². The third-order valence-corrected chi connectivity index (χ3v) is 0.143. The van der Waals surface area contributed by atoms with Gasteiger partial charge in [0.25, 0.3) is 0 Å². The molecule has 0 bridgehead atoms. The van der Waals surface area contributed by atoms with Crippen molar-refractivity contribution < 1.29 is 17.6 Å². The first-order valence-electron chi connectivity index (χ1n) is 1.01. The van der Waals surface area contributed by atoms with Gasteiger partial charge in [-0.05, 0) is 0 Å². The van der Waals surface area contributed by atoms with Crippen molar-refractivity contribution in [2.75, 3.05) is 0 Å². The predicted octanol–water partition coefficient (Wildman–Crippen LogP) is 1.61. The van der Waals surface area contributed by atoms with Crippen molar-refractivity contribution in [2.45, 2.75) is 0 Å². The Morgan fingerprint density at radius 3 is 0.857 bits per heavy atom. The zero-order chi connectivity index (χ0) is 5.15. The summed E-state index contributed by atoms with van der Waals surface area (Å²) < 4.78 is 41.1. The lowest BCUT2D eigenvalue weighted by Crippen LogP contribution is -1.56. The van der Waals surface area contributed by atoms with Crippen LogP contribution in [0.15, 0.2) is 12.2 Å². The second-order valence-corrected chi connectivity index (χ2v) is 0.521. The summed E-state index contributed by atoms with van der Waals surface area (Å²) >= 11 is 0. The molecule has 0 amide bonds. The van der Waals surface area contributed by atoms with Crippen molar-refractivity contribution >= 4 is 8.41 Å². The van der Waals surface area contributed by atoms with E-state index in [9.17, 15) is 17.6 Å². The van der Waals surface area contributed by atoms with Gasteiger partial charge in [-0.3, -0.25) is 0 Å². The highest BCUT2D eigenvalue weighted by atomic mass is 19.3. The molecule has 0 rings (SSSR count). The van der Waals surface area contributed by atoms with Crippen LogP contribution in [-0.4, -0.2) is 8.41 Å². The van der Waals surface area contributed by atoms with Crippen molar-refractivity contribution in [3.63, 3.8) is 0 Å². The highest BCUT2D eigenvalue weighted by Gasteiger charge is 1.98. The van der Waals surface area contributed by atoms with Gasteiger partial charge >= 0.3 is 12.2 Å². The summed E-state index contributed by atoms with van der Waals surface area (Å²) in [4.78, 5) is 0. The normalized spacial score (nSPS) is 6.86. The molecule has 0 saturated heterocycles. The molecule has 39 valence electrons. The van der Waals surface area contributed by atoms with Crippen LogP contribution in [0.2, 0.25) is 0 Å². The number of rotatable bonds is 0. The quantitative estimate of drug-likeness (QED) is 0.329. The van der Waals surface area contributed by atoms with Gasteiger partial charge in [0.2, 0.25) is 0 Å². The van der Waals surface area contributed by atoms with Gasteiger partial charge in [0.05, 0.1) is 0 Å². The van der Waals surface area contributed by atoms with Crippen LogP contribution in [-0.2, 0) is 0 Å². The molecule has 0 saturated carbocycles. The Balaban J connectivity index is 0. The van der Waals surface area contributed by atoms with Crippen LogP contribution < -0.4 is 0 Å². The number of hydrogen-bond acceptors (Lipinski definition) is 0. The lowest BCUT2D eigenvalue weighted by atomic mass is 10.8. The lowest BCUT2D eigenvalue weighted by molar-refractivity contribution is 0.308. The maximum absolute atomic E-state index is 10.3. The van der Waals surface area contributed by atoms with Crippen LogP contribution >= 0.6 is 0 Å². The highest BCUT2D eigenvalue weighted by molar-refractivity contribution is 5.75. The van der Waals surface area contributed by atoms with Crippen LogP contribution in [0.3, 0.4) is 0 Å². The molecule has 0 aliphatic rings. The Morgan fingerprint density at radius 2 is 0.857 bits per heavy atom. The Bertz CT molecular complexity index is 59.8. The van der Waals surface area contributed by atoms with Crippen molar-refractivity contribution in [1.82, 2.24) is 0 Å². The van der Waals surface area contributed by atoms with Crippen molar-refractivity contribution in [2.24, 2.45) is 0 Å². The van der Waals surface area contributed by atoms with Gasteiger partial charge in [-0.1, -0.05) is 0 Å². The predicted molar refractivity (Wildman–Crippen MR) is 17.2 cm³/mol. The van der Waals surface area contributed by atoms with Crippen LogP contribution in [0.5, 0.6) is 0 Å². The van der Waals surface area contributed by atoms with E-state index >= 15 is 0 Å². The number of hydrogen-bond donors (Lipinski definition) is 0. The zero-order valence-electron chi connectivity index (χ0n) is 3.09. The molecular weight excluding hydrogens is 111 g/mol. The van der Waals surface area contributed by atoms with Gasteiger partial charge in [0.15, 0.2) is 0 Å². The number of halogens is 4. The first-order valence-corrected chi connectivity index (χ1v) is 1.01. The molecule has 0 heterocycles. The van der Waals surface area contributed by atoms with Gasteiger partial charge in [0.1, 0.15) is 0 Å². The van der Waals surface area contributed by atoms with Crippen LogP contribution in [0.25, 0.3) is 0 Å².